The lowest BCUT2D eigenvalue weighted by molar-refractivity contribution is 0.0947. The van der Waals surface area contributed by atoms with Crippen molar-refractivity contribution in [3.63, 3.8) is 0 Å². The van der Waals surface area contributed by atoms with Crippen molar-refractivity contribution in [3.8, 4) is 0 Å². The summed E-state index contributed by atoms with van der Waals surface area (Å²) in [4.78, 5) is 12.0. The minimum absolute atomic E-state index is 0.155. The molecule has 2 rings (SSSR count). The monoisotopic (exact) mass is 295 g/mol. The molecule has 118 valence electrons. The van der Waals surface area contributed by atoms with Gasteiger partial charge in [0.1, 0.15) is 0 Å². The van der Waals surface area contributed by atoms with Crippen molar-refractivity contribution in [1.82, 2.24) is 25.6 Å². The van der Waals surface area contributed by atoms with Crippen LogP contribution in [0, 0.1) is 0 Å². The van der Waals surface area contributed by atoms with Gasteiger partial charge in [0.2, 0.25) is 0 Å². The van der Waals surface area contributed by atoms with Gasteiger partial charge in [0, 0.05) is 13.2 Å². The lowest BCUT2D eigenvalue weighted by Crippen LogP contribution is -2.29. The van der Waals surface area contributed by atoms with Crippen LogP contribution in [-0.2, 0) is 0 Å². The summed E-state index contributed by atoms with van der Waals surface area (Å²) in [5.41, 5.74) is 0.392. The maximum absolute atomic E-state index is 12.0. The lowest BCUT2D eigenvalue weighted by atomic mass is 10.1. The van der Waals surface area contributed by atoms with Crippen molar-refractivity contribution < 1.29 is 9.90 Å². The highest BCUT2D eigenvalue weighted by Gasteiger charge is 2.18. The number of aliphatic hydroxyl groups is 1. The van der Waals surface area contributed by atoms with Crippen LogP contribution < -0.4 is 10.6 Å². The molecular weight excluding hydrogens is 270 g/mol. The van der Waals surface area contributed by atoms with Crippen LogP contribution in [0.2, 0.25) is 0 Å². The largest absolute Gasteiger partial charge is 0.396 e. The first-order valence-electron chi connectivity index (χ1n) is 7.83. The summed E-state index contributed by atoms with van der Waals surface area (Å²) in [5.74, 6) is -0.155. The number of hydrogen-bond acceptors (Lipinski definition) is 5. The summed E-state index contributed by atoms with van der Waals surface area (Å²) in [5, 5.41) is 22.9. The number of carbonyl (C=O) groups excluding carboxylic acids is 1. The second kappa shape index (κ2) is 8.74. The summed E-state index contributed by atoms with van der Waals surface area (Å²) < 4.78 is 1.82. The van der Waals surface area contributed by atoms with Crippen molar-refractivity contribution in [1.29, 1.82) is 0 Å². The second-order valence-corrected chi connectivity index (χ2v) is 5.46. The van der Waals surface area contributed by atoms with Crippen LogP contribution in [0.15, 0.2) is 6.20 Å². The third kappa shape index (κ3) is 5.09. The summed E-state index contributed by atoms with van der Waals surface area (Å²) in [7, 11) is 0. The normalized spacial score (nSPS) is 16.0. The Morgan fingerprint density at radius 2 is 2.10 bits per heavy atom. The number of nitrogens with one attached hydrogen (secondary N) is 2. The zero-order chi connectivity index (χ0) is 14.9. The first kappa shape index (κ1) is 15.9. The molecule has 1 aromatic heterocycles. The summed E-state index contributed by atoms with van der Waals surface area (Å²) >= 11 is 0. The van der Waals surface area contributed by atoms with E-state index in [1.165, 1.54) is 0 Å². The molecule has 0 atom stereocenters. The van der Waals surface area contributed by atoms with Gasteiger partial charge < -0.3 is 15.7 Å². The maximum atomic E-state index is 12.0. The number of hydrogen-bond donors (Lipinski definition) is 3. The highest BCUT2D eigenvalue weighted by molar-refractivity contribution is 5.91. The van der Waals surface area contributed by atoms with E-state index in [0.29, 0.717) is 18.3 Å². The van der Waals surface area contributed by atoms with Crippen molar-refractivity contribution >= 4 is 5.91 Å². The Morgan fingerprint density at radius 3 is 2.86 bits per heavy atom. The molecule has 1 amide bonds. The molecule has 1 aliphatic heterocycles. The molecule has 0 saturated carbocycles. The second-order valence-electron chi connectivity index (χ2n) is 5.46. The number of piperidine rings is 1. The Labute approximate surface area is 125 Å². The minimum atomic E-state index is -0.155. The van der Waals surface area contributed by atoms with E-state index < -0.39 is 0 Å². The molecule has 0 bridgehead atoms. The number of nitrogens with zero attached hydrogens (tertiary/aromatic N) is 3. The minimum Gasteiger partial charge on any atom is -0.396 e. The summed E-state index contributed by atoms with van der Waals surface area (Å²) in [6.45, 7) is 2.86. The van der Waals surface area contributed by atoms with Gasteiger partial charge in [0.15, 0.2) is 5.69 Å². The van der Waals surface area contributed by atoms with E-state index in [-0.39, 0.29) is 12.5 Å². The number of unbranched alkanes of at least 4 members (excludes halogenated alkanes) is 3. The van der Waals surface area contributed by atoms with Crippen molar-refractivity contribution in [3.05, 3.63) is 11.9 Å². The fourth-order valence-electron chi connectivity index (χ4n) is 2.51. The molecule has 7 heteroatoms. The van der Waals surface area contributed by atoms with E-state index in [9.17, 15) is 4.79 Å². The van der Waals surface area contributed by atoms with E-state index >= 15 is 0 Å². The Bertz CT molecular complexity index is 429. The van der Waals surface area contributed by atoms with E-state index in [1.807, 2.05) is 4.68 Å². The zero-order valence-corrected chi connectivity index (χ0v) is 12.4. The van der Waals surface area contributed by atoms with Gasteiger partial charge in [-0.05, 0) is 38.8 Å². The first-order chi connectivity index (χ1) is 10.3. The van der Waals surface area contributed by atoms with Gasteiger partial charge in [-0.2, -0.15) is 0 Å². The summed E-state index contributed by atoms with van der Waals surface area (Å²) in [6, 6.07) is 0.346. The molecular formula is C14H25N5O2. The molecule has 2 heterocycles. The molecule has 1 fully saturated rings. The highest BCUT2D eigenvalue weighted by Crippen LogP contribution is 2.16. The molecule has 0 aliphatic carbocycles. The average molecular weight is 295 g/mol. The topological polar surface area (TPSA) is 92.1 Å². The third-order valence-corrected chi connectivity index (χ3v) is 3.80. The number of amides is 1. The van der Waals surface area contributed by atoms with Crippen LogP contribution in [0.3, 0.4) is 0 Å². The highest BCUT2D eigenvalue weighted by atomic mass is 16.2. The molecule has 21 heavy (non-hydrogen) atoms. The van der Waals surface area contributed by atoms with Crippen LogP contribution in [0.5, 0.6) is 0 Å². The van der Waals surface area contributed by atoms with E-state index in [2.05, 4.69) is 20.9 Å². The average Bonchev–Trinajstić information content (AvgIpc) is 3.01. The molecule has 1 aromatic rings. The van der Waals surface area contributed by atoms with Crippen LogP contribution in [-0.4, -0.2) is 52.2 Å². The van der Waals surface area contributed by atoms with Gasteiger partial charge in [-0.15, -0.1) is 5.10 Å². The number of aromatic nitrogens is 3. The van der Waals surface area contributed by atoms with Crippen molar-refractivity contribution in [2.24, 2.45) is 0 Å². The van der Waals surface area contributed by atoms with Crippen molar-refractivity contribution in [2.45, 2.75) is 44.6 Å². The zero-order valence-electron chi connectivity index (χ0n) is 12.4. The van der Waals surface area contributed by atoms with Gasteiger partial charge in [-0.25, -0.2) is 4.68 Å². The molecule has 3 N–H and O–H groups in total. The van der Waals surface area contributed by atoms with Crippen LogP contribution in [0.4, 0.5) is 0 Å². The van der Waals surface area contributed by atoms with Gasteiger partial charge in [-0.3, -0.25) is 4.79 Å². The SMILES string of the molecule is O=C(NCCCCCCO)c1cn(C2CCNCC2)nn1. The van der Waals surface area contributed by atoms with Crippen LogP contribution in [0.1, 0.15) is 55.1 Å². The molecule has 0 spiro atoms. The van der Waals surface area contributed by atoms with Gasteiger partial charge in [0.25, 0.3) is 5.91 Å². The molecule has 1 aliphatic rings. The fraction of sp³-hybridized carbons (Fsp3) is 0.786. The quantitative estimate of drug-likeness (QED) is 0.607. The smallest absolute Gasteiger partial charge is 0.273 e. The fourth-order valence-corrected chi connectivity index (χ4v) is 2.51. The van der Waals surface area contributed by atoms with E-state index in [0.717, 1.165) is 51.6 Å². The van der Waals surface area contributed by atoms with E-state index in [1.54, 1.807) is 6.20 Å². The standard InChI is InChI=1S/C14H25N5O2/c20-10-4-2-1-3-7-16-14(21)13-11-19(18-17-13)12-5-8-15-9-6-12/h11-12,15,20H,1-10H2,(H,16,21). The number of aliphatic hydroxyl groups excluding tert-OH is 1. The van der Waals surface area contributed by atoms with Crippen LogP contribution >= 0.6 is 0 Å². The molecule has 0 radical (unpaired) electrons. The predicted octanol–water partition coefficient (Wildman–Crippen LogP) is 0.485. The third-order valence-electron chi connectivity index (χ3n) is 3.80. The summed E-state index contributed by atoms with van der Waals surface area (Å²) in [6.07, 6.45) is 7.56. The Morgan fingerprint density at radius 1 is 1.33 bits per heavy atom. The Kier molecular flexibility index (Phi) is 6.62. The van der Waals surface area contributed by atoms with E-state index in [4.69, 9.17) is 5.11 Å². The molecule has 0 aromatic carbocycles. The predicted molar refractivity (Wildman–Crippen MR) is 79.0 cm³/mol. The van der Waals surface area contributed by atoms with Crippen molar-refractivity contribution in [2.75, 3.05) is 26.2 Å². The maximum Gasteiger partial charge on any atom is 0.273 e. The van der Waals surface area contributed by atoms with Gasteiger partial charge in [-0.1, -0.05) is 18.1 Å². The van der Waals surface area contributed by atoms with Crippen LogP contribution in [0.25, 0.3) is 0 Å². The first-order valence-corrected chi connectivity index (χ1v) is 7.83. The lowest BCUT2D eigenvalue weighted by Gasteiger charge is -2.22. The van der Waals surface area contributed by atoms with Gasteiger partial charge >= 0.3 is 0 Å². The number of carbonyl (C=O) groups is 1. The van der Waals surface area contributed by atoms with Gasteiger partial charge in [0.05, 0.1) is 12.2 Å². The molecule has 1 saturated heterocycles. The molecule has 7 nitrogen and oxygen atoms in total. The Balaban J connectivity index is 1.71. The molecule has 0 unspecified atom stereocenters. The number of rotatable bonds is 8. The Hall–Kier alpha value is -1.47.